The summed E-state index contributed by atoms with van der Waals surface area (Å²) in [7, 11) is 2.92. The molecule has 0 saturated heterocycles. The van der Waals surface area contributed by atoms with Crippen molar-refractivity contribution in [1.82, 2.24) is 5.32 Å². The Morgan fingerprint density at radius 3 is 1.89 bits per heavy atom. The van der Waals surface area contributed by atoms with Gasteiger partial charge >= 0.3 is 11.9 Å². The smallest absolute Gasteiger partial charge is 0.335 e. The molecule has 3 aromatic carbocycles. The summed E-state index contributed by atoms with van der Waals surface area (Å²) in [6, 6.07) is 10.7. The van der Waals surface area contributed by atoms with Gasteiger partial charge in [-0.25, -0.2) is 14.0 Å². The normalized spacial score (nSPS) is 11.5. The van der Waals surface area contributed by atoms with Crippen LogP contribution in [0, 0.1) is 0 Å². The van der Waals surface area contributed by atoms with Gasteiger partial charge in [-0.2, -0.15) is 0 Å². The second-order valence-electron chi connectivity index (χ2n) is 7.89. The highest BCUT2D eigenvalue weighted by Crippen LogP contribution is 2.40. The largest absolute Gasteiger partial charge is 0.496 e. The number of nitrogens with one attached hydrogen (secondary N) is 1. The molecule has 194 valence electrons. The molecule has 3 N–H and O–H groups in total. The lowest BCUT2D eigenvalue weighted by Gasteiger charge is -2.17. The van der Waals surface area contributed by atoms with Crippen LogP contribution in [0.2, 0.25) is 10.0 Å². The van der Waals surface area contributed by atoms with Crippen molar-refractivity contribution in [2.45, 2.75) is 19.1 Å². The number of carboxylic acids is 2. The maximum absolute atomic E-state index is 13.2. The molecule has 1 unspecified atom stereocenters. The van der Waals surface area contributed by atoms with Gasteiger partial charge in [-0.15, -0.1) is 0 Å². The number of halogens is 3. The molecule has 0 heterocycles. The molecular formula is C26H22Cl2FNO7. The number of aliphatic carboxylic acids is 1. The van der Waals surface area contributed by atoms with E-state index in [1.807, 2.05) is 0 Å². The lowest BCUT2D eigenvalue weighted by atomic mass is 9.98. The predicted molar refractivity (Wildman–Crippen MR) is 136 cm³/mol. The quantitative estimate of drug-likeness (QED) is 0.314. The number of rotatable bonds is 10. The standard InChI is InChI=1S/C26H22Cl2FNO7/c1-36-20-8-14(12-29)9-21(37-2)22(20)15-5-3-13(4-6-15)7-19(26(34)35)30-24(31)23-17(27)10-16(25(32)33)11-18(23)28/h3-6,8-11,19H,7,12H2,1-2H3,(H,30,31)(H,32,33)(H,34,35). The van der Waals surface area contributed by atoms with Gasteiger partial charge in [0, 0.05) is 6.42 Å². The Bertz CT molecular complexity index is 1300. The van der Waals surface area contributed by atoms with Gasteiger partial charge in [0.1, 0.15) is 24.2 Å². The zero-order chi connectivity index (χ0) is 27.3. The van der Waals surface area contributed by atoms with Gasteiger partial charge in [0.15, 0.2) is 0 Å². The fraction of sp³-hybridized carbons (Fsp3) is 0.192. The molecule has 0 aliphatic carbocycles. The lowest BCUT2D eigenvalue weighted by Crippen LogP contribution is -2.42. The van der Waals surface area contributed by atoms with Crippen molar-refractivity contribution in [3.63, 3.8) is 0 Å². The minimum absolute atomic E-state index is 0.0706. The Labute approximate surface area is 221 Å². The van der Waals surface area contributed by atoms with E-state index in [-0.39, 0.29) is 27.6 Å². The summed E-state index contributed by atoms with van der Waals surface area (Å²) in [5.41, 5.74) is 1.83. The van der Waals surface area contributed by atoms with Crippen LogP contribution in [0.4, 0.5) is 4.39 Å². The summed E-state index contributed by atoms with van der Waals surface area (Å²) in [6.07, 6.45) is -0.0706. The molecule has 1 atom stereocenters. The number of amides is 1. The first-order valence-electron chi connectivity index (χ1n) is 10.8. The third-order valence-corrected chi connectivity index (χ3v) is 6.12. The molecule has 0 aromatic heterocycles. The topological polar surface area (TPSA) is 122 Å². The summed E-state index contributed by atoms with van der Waals surface area (Å²) in [6.45, 7) is -0.686. The summed E-state index contributed by atoms with van der Waals surface area (Å²) in [5, 5.41) is 20.7. The average Bonchev–Trinajstić information content (AvgIpc) is 2.87. The molecule has 0 aliphatic rings. The van der Waals surface area contributed by atoms with E-state index in [1.165, 1.54) is 14.2 Å². The molecule has 0 saturated carbocycles. The van der Waals surface area contributed by atoms with Crippen LogP contribution in [0.3, 0.4) is 0 Å². The number of carbonyl (C=O) groups excluding carboxylic acids is 1. The highest BCUT2D eigenvalue weighted by molar-refractivity contribution is 6.40. The first-order valence-corrected chi connectivity index (χ1v) is 11.5. The van der Waals surface area contributed by atoms with Crippen molar-refractivity contribution in [2.75, 3.05) is 14.2 Å². The van der Waals surface area contributed by atoms with E-state index >= 15 is 0 Å². The Morgan fingerprint density at radius 1 is 0.919 bits per heavy atom. The number of alkyl halides is 1. The second-order valence-corrected chi connectivity index (χ2v) is 8.71. The molecule has 0 fully saturated rings. The van der Waals surface area contributed by atoms with Crippen molar-refractivity contribution in [3.05, 3.63) is 80.8 Å². The van der Waals surface area contributed by atoms with Crippen molar-refractivity contribution in [1.29, 1.82) is 0 Å². The van der Waals surface area contributed by atoms with E-state index in [2.05, 4.69) is 5.32 Å². The zero-order valence-electron chi connectivity index (χ0n) is 19.7. The molecule has 3 rings (SSSR count). The highest BCUT2D eigenvalue weighted by atomic mass is 35.5. The van der Waals surface area contributed by atoms with Gasteiger partial charge < -0.3 is 25.0 Å². The maximum Gasteiger partial charge on any atom is 0.335 e. The molecule has 1 amide bonds. The number of benzene rings is 3. The molecule has 0 radical (unpaired) electrons. The van der Waals surface area contributed by atoms with Gasteiger partial charge in [-0.3, -0.25) is 4.79 Å². The van der Waals surface area contributed by atoms with Crippen LogP contribution in [0.1, 0.15) is 31.8 Å². The van der Waals surface area contributed by atoms with Crippen LogP contribution in [-0.4, -0.2) is 48.3 Å². The Kier molecular flexibility index (Phi) is 8.96. The second kappa shape index (κ2) is 11.9. The van der Waals surface area contributed by atoms with Gasteiger partial charge in [0.2, 0.25) is 0 Å². The van der Waals surface area contributed by atoms with E-state index in [4.69, 9.17) is 37.8 Å². The number of ether oxygens (including phenoxy) is 2. The third-order valence-electron chi connectivity index (χ3n) is 5.52. The van der Waals surface area contributed by atoms with E-state index < -0.39 is 30.6 Å². The number of methoxy groups -OCH3 is 2. The minimum atomic E-state index is -1.34. The molecule has 3 aromatic rings. The van der Waals surface area contributed by atoms with E-state index in [9.17, 15) is 23.9 Å². The van der Waals surface area contributed by atoms with Crippen molar-refractivity contribution < 1.29 is 38.5 Å². The summed E-state index contributed by atoms with van der Waals surface area (Å²) in [4.78, 5) is 35.8. The summed E-state index contributed by atoms with van der Waals surface area (Å²) < 4.78 is 24.0. The molecule has 0 aliphatic heterocycles. The monoisotopic (exact) mass is 549 g/mol. The fourth-order valence-corrected chi connectivity index (χ4v) is 4.37. The van der Waals surface area contributed by atoms with Crippen LogP contribution in [0.25, 0.3) is 11.1 Å². The van der Waals surface area contributed by atoms with Crippen LogP contribution < -0.4 is 14.8 Å². The summed E-state index contributed by atoms with van der Waals surface area (Å²) in [5.74, 6) is -2.61. The maximum atomic E-state index is 13.2. The van der Waals surface area contributed by atoms with Crippen molar-refractivity contribution in [2.24, 2.45) is 0 Å². The SMILES string of the molecule is COc1cc(CF)cc(OC)c1-c1ccc(CC(NC(=O)c2c(Cl)cc(C(=O)O)cc2Cl)C(=O)O)cc1. The third kappa shape index (κ3) is 6.31. The van der Waals surface area contributed by atoms with E-state index in [0.717, 1.165) is 12.1 Å². The number of aromatic carboxylic acids is 1. The summed E-state index contributed by atoms with van der Waals surface area (Å²) >= 11 is 12.1. The van der Waals surface area contributed by atoms with E-state index in [0.29, 0.717) is 33.8 Å². The first-order chi connectivity index (χ1) is 17.6. The molecule has 11 heteroatoms. The molecule has 8 nitrogen and oxygen atoms in total. The van der Waals surface area contributed by atoms with Gasteiger partial charge in [0.05, 0.1) is 41.0 Å². The van der Waals surface area contributed by atoms with Crippen LogP contribution >= 0.6 is 23.2 Å². The number of hydrogen-bond acceptors (Lipinski definition) is 5. The lowest BCUT2D eigenvalue weighted by molar-refractivity contribution is -0.139. The molecule has 0 spiro atoms. The molecular weight excluding hydrogens is 528 g/mol. The molecule has 0 bridgehead atoms. The van der Waals surface area contributed by atoms with Crippen LogP contribution in [0.15, 0.2) is 48.5 Å². The number of carboxylic acid groups (broad SMARTS) is 2. The molecule has 37 heavy (non-hydrogen) atoms. The highest BCUT2D eigenvalue weighted by Gasteiger charge is 2.25. The van der Waals surface area contributed by atoms with Crippen LogP contribution in [0.5, 0.6) is 11.5 Å². The predicted octanol–water partition coefficient (Wildman–Crippen LogP) is 5.27. The van der Waals surface area contributed by atoms with Gasteiger partial charge in [0.25, 0.3) is 5.91 Å². The first kappa shape index (κ1) is 27.8. The van der Waals surface area contributed by atoms with Gasteiger partial charge in [-0.05, 0) is 41.0 Å². The Morgan fingerprint density at radius 2 is 1.46 bits per heavy atom. The average molecular weight is 550 g/mol. The zero-order valence-corrected chi connectivity index (χ0v) is 21.2. The van der Waals surface area contributed by atoms with Crippen molar-refractivity contribution >= 4 is 41.0 Å². The van der Waals surface area contributed by atoms with Crippen LogP contribution in [-0.2, 0) is 17.9 Å². The Hall–Kier alpha value is -3.82. The number of hydrogen-bond donors (Lipinski definition) is 3. The number of carbonyl (C=O) groups is 3. The van der Waals surface area contributed by atoms with E-state index in [1.54, 1.807) is 36.4 Å². The Balaban J connectivity index is 1.84. The van der Waals surface area contributed by atoms with Gasteiger partial charge in [-0.1, -0.05) is 47.5 Å². The minimum Gasteiger partial charge on any atom is -0.496 e. The van der Waals surface area contributed by atoms with Crippen molar-refractivity contribution in [3.8, 4) is 22.6 Å². The fourth-order valence-electron chi connectivity index (χ4n) is 3.72.